The summed E-state index contributed by atoms with van der Waals surface area (Å²) < 4.78 is 0. The Bertz CT molecular complexity index is 518. The maximum absolute atomic E-state index is 4.78. The van der Waals surface area contributed by atoms with Crippen LogP contribution in [0.5, 0.6) is 0 Å². The zero-order chi connectivity index (χ0) is 13.4. The summed E-state index contributed by atoms with van der Waals surface area (Å²) >= 11 is 4.78. The van der Waals surface area contributed by atoms with Crippen LogP contribution in [-0.2, 0) is 0 Å². The minimum atomic E-state index is 0.778. The molecule has 2 rings (SSSR count). The summed E-state index contributed by atoms with van der Waals surface area (Å²) in [4.78, 5) is 0. The smallest absolute Gasteiger partial charge is 0.109 e. The Morgan fingerprint density at radius 2 is 1.50 bits per heavy atom. The van der Waals surface area contributed by atoms with Gasteiger partial charge in [-0.2, -0.15) is 11.1 Å². The molecule has 0 spiro atoms. The van der Waals surface area contributed by atoms with Crippen molar-refractivity contribution in [2.24, 2.45) is 0 Å². The van der Waals surface area contributed by atoms with Crippen LogP contribution < -0.4 is 0 Å². The highest BCUT2D eigenvalue weighted by Crippen LogP contribution is 2.27. The van der Waals surface area contributed by atoms with Crippen LogP contribution in [-0.4, -0.2) is 9.55 Å². The van der Waals surface area contributed by atoms with Gasteiger partial charge >= 0.3 is 0 Å². The molecule has 18 heavy (non-hydrogen) atoms. The second-order valence-corrected chi connectivity index (χ2v) is 3.58. The lowest BCUT2D eigenvalue weighted by Gasteiger charge is -2.09. The lowest BCUT2D eigenvalue weighted by Crippen LogP contribution is -1.86. The molecule has 0 atom stereocenters. The highest BCUT2D eigenvalue weighted by molar-refractivity contribution is 6.80. The zero-order valence-electron chi connectivity index (χ0n) is 10.6. The van der Waals surface area contributed by atoms with E-state index in [0.29, 0.717) is 0 Å². The minimum absolute atomic E-state index is 0.778. The first-order valence-electron chi connectivity index (χ1n) is 5.68. The number of benzene rings is 2. The molecule has 0 radical (unpaired) electrons. The molecule has 0 aromatic heterocycles. The lowest BCUT2D eigenvalue weighted by atomic mass is 9.95. The molecule has 0 aliphatic carbocycles. The summed E-state index contributed by atoms with van der Waals surface area (Å²) in [7, 11) is 0.778. The van der Waals surface area contributed by atoms with E-state index in [0.717, 1.165) is 20.7 Å². The average molecular weight is 273 g/mol. The van der Waals surface area contributed by atoms with E-state index in [1.807, 2.05) is 36.4 Å². The van der Waals surface area contributed by atoms with Crippen molar-refractivity contribution >= 4 is 32.8 Å². The third-order valence-corrected chi connectivity index (χ3v) is 2.65. The highest BCUT2D eigenvalue weighted by atomic mass is 35.6. The zero-order valence-corrected chi connectivity index (χ0v) is 13.3. The van der Waals surface area contributed by atoms with Crippen LogP contribution in [0.1, 0.15) is 11.1 Å². The fourth-order valence-electron chi connectivity index (χ4n) is 1.86. The van der Waals surface area contributed by atoms with E-state index in [1.165, 1.54) is 11.1 Å². The molecule has 0 saturated carbocycles. The molecule has 0 aliphatic heterocycles. The molecule has 2 heteroatoms. The van der Waals surface area contributed by atoms with Gasteiger partial charge in [-0.05, 0) is 22.3 Å². The van der Waals surface area contributed by atoms with Crippen molar-refractivity contribution in [3.8, 4) is 11.1 Å². The molecular formula is C16H17ClSi. The summed E-state index contributed by atoms with van der Waals surface area (Å²) in [6, 6.07) is 16.5. The van der Waals surface area contributed by atoms with Gasteiger partial charge in [-0.15, -0.1) is 0 Å². The first kappa shape index (κ1) is 14.5. The SMILES string of the molecule is C=Cc1cccc(-c2ccccc2)c1C=C.[SiH3]Cl. The molecule has 0 nitrogen and oxygen atoms in total. The summed E-state index contributed by atoms with van der Waals surface area (Å²) in [5, 5.41) is 0. The van der Waals surface area contributed by atoms with E-state index in [9.17, 15) is 0 Å². The molecular weight excluding hydrogens is 256 g/mol. The van der Waals surface area contributed by atoms with Crippen LogP contribution in [0, 0.1) is 0 Å². The van der Waals surface area contributed by atoms with Gasteiger partial charge in [-0.1, -0.05) is 73.8 Å². The first-order valence-corrected chi connectivity index (χ1v) is 8.70. The van der Waals surface area contributed by atoms with E-state index < -0.39 is 0 Å². The van der Waals surface area contributed by atoms with Gasteiger partial charge in [0.2, 0.25) is 0 Å². The van der Waals surface area contributed by atoms with Crippen LogP contribution in [0.15, 0.2) is 61.7 Å². The second kappa shape index (κ2) is 7.70. The molecule has 0 unspecified atom stereocenters. The van der Waals surface area contributed by atoms with Crippen molar-refractivity contribution in [2.75, 3.05) is 0 Å². The van der Waals surface area contributed by atoms with E-state index in [2.05, 4.69) is 37.4 Å². The minimum Gasteiger partial charge on any atom is -0.181 e. The van der Waals surface area contributed by atoms with Crippen molar-refractivity contribution < 1.29 is 0 Å². The fourth-order valence-corrected chi connectivity index (χ4v) is 1.86. The van der Waals surface area contributed by atoms with Gasteiger partial charge in [0.25, 0.3) is 0 Å². The first-order chi connectivity index (χ1) is 8.86. The van der Waals surface area contributed by atoms with Crippen molar-refractivity contribution in [1.29, 1.82) is 0 Å². The number of hydrogen-bond acceptors (Lipinski definition) is 0. The largest absolute Gasteiger partial charge is 0.181 e. The molecule has 2 aromatic rings. The van der Waals surface area contributed by atoms with Gasteiger partial charge in [0.15, 0.2) is 0 Å². The summed E-state index contributed by atoms with van der Waals surface area (Å²) in [6.45, 7) is 7.70. The Kier molecular flexibility index (Phi) is 6.19. The summed E-state index contributed by atoms with van der Waals surface area (Å²) in [5.74, 6) is 0. The maximum Gasteiger partial charge on any atom is 0.109 e. The van der Waals surface area contributed by atoms with Gasteiger partial charge in [0.1, 0.15) is 9.55 Å². The Morgan fingerprint density at radius 3 is 2.06 bits per heavy atom. The molecule has 0 fully saturated rings. The molecule has 0 saturated heterocycles. The third-order valence-electron chi connectivity index (χ3n) is 2.65. The Morgan fingerprint density at radius 1 is 0.833 bits per heavy atom. The topological polar surface area (TPSA) is 0 Å². The standard InChI is InChI=1S/C16H14.ClH3Si/c1-3-13-11-8-12-16(15(13)4-2)14-9-6-5-7-10-14;1-2/h3-12H,1-2H2;2H3. The predicted octanol–water partition coefficient (Wildman–Crippen LogP) is 4.15. The predicted molar refractivity (Wildman–Crippen MR) is 87.9 cm³/mol. The Hall–Kier alpha value is -1.57. The van der Waals surface area contributed by atoms with E-state index >= 15 is 0 Å². The maximum atomic E-state index is 4.78. The third kappa shape index (κ3) is 3.22. The van der Waals surface area contributed by atoms with Crippen LogP contribution in [0.3, 0.4) is 0 Å². The molecule has 2 aromatic carbocycles. The van der Waals surface area contributed by atoms with Crippen LogP contribution >= 0.6 is 11.1 Å². The van der Waals surface area contributed by atoms with Gasteiger partial charge in [-0.3, -0.25) is 0 Å². The van der Waals surface area contributed by atoms with Crippen LogP contribution in [0.25, 0.3) is 23.3 Å². The number of rotatable bonds is 3. The summed E-state index contributed by atoms with van der Waals surface area (Å²) in [6.07, 6.45) is 3.75. The van der Waals surface area contributed by atoms with Crippen molar-refractivity contribution in [2.45, 2.75) is 0 Å². The van der Waals surface area contributed by atoms with E-state index in [-0.39, 0.29) is 0 Å². The molecule has 0 N–H and O–H groups in total. The van der Waals surface area contributed by atoms with Crippen molar-refractivity contribution in [3.63, 3.8) is 0 Å². The van der Waals surface area contributed by atoms with Gasteiger partial charge < -0.3 is 0 Å². The van der Waals surface area contributed by atoms with Crippen molar-refractivity contribution in [1.82, 2.24) is 0 Å². The van der Waals surface area contributed by atoms with Crippen molar-refractivity contribution in [3.05, 3.63) is 72.8 Å². The molecule has 0 bridgehead atoms. The Balaban J connectivity index is 0.000000771. The second-order valence-electron chi connectivity index (χ2n) is 3.58. The summed E-state index contributed by atoms with van der Waals surface area (Å²) in [5.41, 5.74) is 4.68. The number of halogens is 1. The molecule has 0 amide bonds. The van der Waals surface area contributed by atoms with E-state index in [4.69, 9.17) is 11.1 Å². The highest BCUT2D eigenvalue weighted by Gasteiger charge is 2.04. The fraction of sp³-hybridized carbons (Fsp3) is 0. The number of hydrogen-bond donors (Lipinski definition) is 0. The van der Waals surface area contributed by atoms with Gasteiger partial charge in [0.05, 0.1) is 0 Å². The Labute approximate surface area is 117 Å². The van der Waals surface area contributed by atoms with Gasteiger partial charge in [0, 0.05) is 0 Å². The van der Waals surface area contributed by atoms with Crippen LogP contribution in [0.4, 0.5) is 0 Å². The van der Waals surface area contributed by atoms with Gasteiger partial charge in [-0.25, -0.2) is 0 Å². The molecule has 92 valence electrons. The quantitative estimate of drug-likeness (QED) is 0.582. The average Bonchev–Trinajstić information content (AvgIpc) is 2.49. The van der Waals surface area contributed by atoms with Crippen LogP contribution in [0.2, 0.25) is 0 Å². The monoisotopic (exact) mass is 272 g/mol. The molecule has 0 aliphatic rings. The lowest BCUT2D eigenvalue weighted by molar-refractivity contribution is 1.57. The molecule has 0 heterocycles. The van der Waals surface area contributed by atoms with E-state index in [1.54, 1.807) is 0 Å². The normalized spacial score (nSPS) is 9.17.